The van der Waals surface area contributed by atoms with Crippen molar-refractivity contribution < 1.29 is 34.1 Å². The van der Waals surface area contributed by atoms with Gasteiger partial charge in [-0.3, -0.25) is 19.2 Å². The summed E-state index contributed by atoms with van der Waals surface area (Å²) < 4.78 is 5.97. The molecule has 4 aromatic carbocycles. The molecule has 5 N–H and O–H groups in total. The number of phenols is 1. The van der Waals surface area contributed by atoms with Crippen molar-refractivity contribution in [3.63, 3.8) is 0 Å². The molecule has 0 bridgehead atoms. The number of halogens is 1. The van der Waals surface area contributed by atoms with Crippen LogP contribution in [-0.4, -0.2) is 87.5 Å². The summed E-state index contributed by atoms with van der Waals surface area (Å²) in [4.78, 5) is 60.0. The number of aryl methyl sites for hydroxylation is 1. The van der Waals surface area contributed by atoms with Gasteiger partial charge in [0.15, 0.2) is 0 Å². The molecule has 1 saturated heterocycles. The van der Waals surface area contributed by atoms with E-state index < -0.39 is 23.6 Å². The van der Waals surface area contributed by atoms with Crippen LogP contribution in [0.1, 0.15) is 113 Å². The van der Waals surface area contributed by atoms with E-state index in [9.17, 15) is 29.4 Å². The highest BCUT2D eigenvalue weighted by molar-refractivity contribution is 7.13. The Morgan fingerprint density at radius 3 is 2.04 bits per heavy atom. The van der Waals surface area contributed by atoms with Gasteiger partial charge in [0.2, 0.25) is 23.6 Å². The molecule has 1 aromatic heterocycles. The second kappa shape index (κ2) is 26.3. The lowest BCUT2D eigenvalue weighted by Crippen LogP contribution is -2.57. The van der Waals surface area contributed by atoms with Crippen LogP contribution in [0.3, 0.4) is 0 Å². The molecule has 0 aliphatic carbocycles. The zero-order chi connectivity index (χ0) is 50.0. The number of hydrogen-bond donors (Lipinski definition) is 5. The molecular formula is C56H68ClN5O7S. The van der Waals surface area contributed by atoms with Crippen molar-refractivity contribution in [2.45, 2.75) is 117 Å². The largest absolute Gasteiger partial charge is 0.508 e. The van der Waals surface area contributed by atoms with E-state index in [0.29, 0.717) is 44.0 Å². The Balaban J connectivity index is 0.860. The predicted octanol–water partition coefficient (Wildman–Crippen LogP) is 9.84. The molecule has 372 valence electrons. The number of aromatic hydroxyl groups is 1. The molecule has 1 aliphatic rings. The molecular weight excluding hydrogens is 922 g/mol. The minimum Gasteiger partial charge on any atom is -0.508 e. The number of nitrogens with one attached hydrogen (secondary N) is 3. The molecule has 5 aromatic rings. The zero-order valence-electron chi connectivity index (χ0n) is 40.8. The van der Waals surface area contributed by atoms with Crippen LogP contribution >= 0.6 is 22.9 Å². The smallest absolute Gasteiger partial charge is 0.246 e. The topological polar surface area (TPSA) is 170 Å². The number of alkyl halides is 1. The van der Waals surface area contributed by atoms with Gasteiger partial charge >= 0.3 is 0 Å². The Morgan fingerprint density at radius 1 is 0.800 bits per heavy atom. The summed E-state index contributed by atoms with van der Waals surface area (Å²) in [6.45, 7) is 8.62. The molecule has 12 nitrogen and oxygen atoms in total. The number of aromatic nitrogens is 1. The number of thiazole rings is 1. The summed E-state index contributed by atoms with van der Waals surface area (Å²) in [5, 5.41) is 29.4. The number of amides is 4. The van der Waals surface area contributed by atoms with E-state index in [1.165, 1.54) is 4.90 Å². The molecule has 1 fully saturated rings. The molecule has 1 aliphatic heterocycles. The monoisotopic (exact) mass is 989 g/mol. The fourth-order valence-corrected chi connectivity index (χ4v) is 9.75. The summed E-state index contributed by atoms with van der Waals surface area (Å²) in [6, 6.07) is 31.4. The Morgan fingerprint density at radius 2 is 1.43 bits per heavy atom. The number of rotatable bonds is 24. The second-order valence-electron chi connectivity index (χ2n) is 19.0. The highest BCUT2D eigenvalue weighted by Gasteiger charge is 2.44. The van der Waals surface area contributed by atoms with Crippen molar-refractivity contribution in [3.05, 3.63) is 137 Å². The van der Waals surface area contributed by atoms with Gasteiger partial charge in [-0.15, -0.1) is 22.9 Å². The Bertz CT molecular complexity index is 2510. The lowest BCUT2D eigenvalue weighted by Gasteiger charge is -2.35. The number of carbonyl (C=O) groups excluding carboxylic acids is 4. The first kappa shape index (κ1) is 53.3. The summed E-state index contributed by atoms with van der Waals surface area (Å²) in [6.07, 6.45) is 5.68. The molecule has 0 spiro atoms. The molecule has 4 amide bonds. The van der Waals surface area contributed by atoms with E-state index in [-0.39, 0.29) is 55.3 Å². The number of nitrogens with zero attached hydrogens (tertiary/aromatic N) is 2. The van der Waals surface area contributed by atoms with Crippen LogP contribution in [0.5, 0.6) is 11.5 Å². The van der Waals surface area contributed by atoms with E-state index in [4.69, 9.17) is 16.3 Å². The van der Waals surface area contributed by atoms with Crippen molar-refractivity contribution in [1.29, 1.82) is 0 Å². The number of likely N-dealkylation sites (tertiary alicyclic amines) is 1. The second-order valence-corrected chi connectivity index (χ2v) is 20.2. The van der Waals surface area contributed by atoms with E-state index in [2.05, 4.69) is 33.1 Å². The number of hydrogen-bond acceptors (Lipinski definition) is 9. The van der Waals surface area contributed by atoms with Gasteiger partial charge in [0.25, 0.3) is 0 Å². The van der Waals surface area contributed by atoms with Crippen LogP contribution in [0.4, 0.5) is 0 Å². The number of benzene rings is 4. The number of β-amino-alcohol motifs (C(OH)–C–C–N with tert-alkyl or cyclic N) is 1. The average Bonchev–Trinajstić information content (AvgIpc) is 3.97. The number of aliphatic hydroxyl groups is 1. The number of carbonyl (C=O) groups is 4. The third-order valence-corrected chi connectivity index (χ3v) is 13.7. The summed E-state index contributed by atoms with van der Waals surface area (Å²) >= 11 is 7.88. The first-order valence-electron chi connectivity index (χ1n) is 24.4. The zero-order valence-corrected chi connectivity index (χ0v) is 42.4. The third kappa shape index (κ3) is 15.5. The first-order chi connectivity index (χ1) is 33.7. The van der Waals surface area contributed by atoms with E-state index in [0.717, 1.165) is 81.6 Å². The number of allylic oxidation sites excluding steroid dienone is 1. The summed E-state index contributed by atoms with van der Waals surface area (Å²) in [5.74, 6) is 0.382. The fraction of sp³-hybridized carbons (Fsp3) is 0.411. The highest BCUT2D eigenvalue weighted by atomic mass is 35.5. The van der Waals surface area contributed by atoms with Gasteiger partial charge in [-0.05, 0) is 94.8 Å². The van der Waals surface area contributed by atoms with E-state index >= 15 is 0 Å². The van der Waals surface area contributed by atoms with Gasteiger partial charge in [0.1, 0.15) is 30.2 Å². The van der Waals surface area contributed by atoms with Crippen LogP contribution in [-0.2, 0) is 25.7 Å². The van der Waals surface area contributed by atoms with Crippen molar-refractivity contribution in [2.24, 2.45) is 5.41 Å². The van der Waals surface area contributed by atoms with Crippen molar-refractivity contribution in [1.82, 2.24) is 25.8 Å². The van der Waals surface area contributed by atoms with Gasteiger partial charge in [0, 0.05) is 38.2 Å². The highest BCUT2D eigenvalue weighted by Crippen LogP contribution is 2.36. The molecule has 14 heteroatoms. The van der Waals surface area contributed by atoms with Crippen LogP contribution in [0.2, 0.25) is 0 Å². The number of phenolic OH excluding ortho intramolecular Hbond substituents is 1. The number of ether oxygens (including phenoxy) is 1. The summed E-state index contributed by atoms with van der Waals surface area (Å²) in [7, 11) is 0. The third-order valence-electron chi connectivity index (χ3n) is 12.5. The lowest BCUT2D eigenvalue weighted by atomic mass is 9.85. The Hall–Kier alpha value is -6.02. The van der Waals surface area contributed by atoms with Crippen LogP contribution in [0.15, 0.2) is 109 Å². The molecule has 0 saturated carbocycles. The van der Waals surface area contributed by atoms with Crippen molar-refractivity contribution in [3.8, 4) is 21.9 Å². The maximum atomic E-state index is 14.0. The molecule has 70 heavy (non-hydrogen) atoms. The van der Waals surface area contributed by atoms with Gasteiger partial charge in [0.05, 0.1) is 28.7 Å². The Kier molecular flexibility index (Phi) is 20.0. The quantitative estimate of drug-likeness (QED) is 0.0231. The molecule has 2 heterocycles. The number of unbranched alkanes of at least 4 members (excludes halogenated alkanes) is 5. The van der Waals surface area contributed by atoms with Gasteiger partial charge in [-0.25, -0.2) is 4.98 Å². The average molecular weight is 991 g/mol. The van der Waals surface area contributed by atoms with Crippen LogP contribution in [0, 0.1) is 12.3 Å². The Labute approximate surface area is 421 Å². The van der Waals surface area contributed by atoms with Gasteiger partial charge in [-0.1, -0.05) is 125 Å². The maximum absolute atomic E-state index is 14.0. The minimum atomic E-state index is -0.872. The van der Waals surface area contributed by atoms with Crippen molar-refractivity contribution >= 4 is 57.7 Å². The van der Waals surface area contributed by atoms with Crippen LogP contribution in [0.25, 0.3) is 21.6 Å². The van der Waals surface area contributed by atoms with Crippen LogP contribution < -0.4 is 20.7 Å². The first-order valence-corrected chi connectivity index (χ1v) is 25.8. The number of aliphatic hydroxyl groups excluding tert-OH is 1. The lowest BCUT2D eigenvalue weighted by molar-refractivity contribution is -0.144. The normalized spacial score (nSPS) is 15.5. The molecule has 6 rings (SSSR count). The predicted molar refractivity (Wildman–Crippen MR) is 279 cm³/mol. The SMILES string of the molecule is Cc1ncsc1-c1ccc(CNC(=O)[C@@H]2C[C@@H](O)CN2C(=O)[C@@H](NC(=O)CCCCCCCCC(=O)NCCOc2ccc(/C(=C(/CCCl)c3ccccc3)c3ccc(O)cc3)cc2)C(C)(C)C)cc1. The van der Waals surface area contributed by atoms with Gasteiger partial charge in [-0.2, -0.15) is 0 Å². The standard InChI is InChI=1S/C56H68ClN5O7S/c1-38-52(70-37-60-38)43-20-18-39(19-21-43)35-59-54(67)48-34-45(64)36-62(48)55(68)53(56(2,3)4)61-50(66)17-13-8-6-5-7-12-16-49(65)58-32-33-69-46-28-24-42(25-29-46)51(41-22-26-44(63)27-23-41)47(30-31-57)40-14-10-9-11-15-40/h9-11,14-15,18-29,37,45,48,53,63-64H,5-8,12-13,16-17,30-36H2,1-4H3,(H,58,65)(H,59,67)(H,61,66)/b51-47-/t45-,48+,53-/m1/s1. The van der Waals surface area contributed by atoms with Crippen molar-refractivity contribution in [2.75, 3.05) is 25.6 Å². The fourth-order valence-electron chi connectivity index (χ4n) is 8.75. The minimum absolute atomic E-state index is 0.0189. The summed E-state index contributed by atoms with van der Waals surface area (Å²) in [5.41, 5.74) is 9.31. The maximum Gasteiger partial charge on any atom is 0.246 e. The van der Waals surface area contributed by atoms with E-state index in [1.807, 2.05) is 112 Å². The molecule has 0 unspecified atom stereocenters. The van der Waals surface area contributed by atoms with Gasteiger partial charge < -0.3 is 35.8 Å². The molecule has 3 atom stereocenters. The molecule has 0 radical (unpaired) electrons. The van der Waals surface area contributed by atoms with E-state index in [1.54, 1.807) is 23.5 Å².